The summed E-state index contributed by atoms with van der Waals surface area (Å²) in [6.45, 7) is 4.58. The molecule has 2 rings (SSSR count). The fourth-order valence-corrected chi connectivity index (χ4v) is 2.38. The third kappa shape index (κ3) is 5.54. The molecule has 0 fully saturated rings. The van der Waals surface area contributed by atoms with E-state index in [1.807, 2.05) is 31.2 Å². The number of benzene rings is 1. The molecule has 1 aromatic carbocycles. The van der Waals surface area contributed by atoms with Gasteiger partial charge in [0.1, 0.15) is 17.1 Å². The number of rotatable bonds is 10. The normalized spacial score (nSPS) is 10.4. The van der Waals surface area contributed by atoms with Crippen molar-refractivity contribution >= 4 is 11.9 Å². The molecule has 140 valence electrons. The molecule has 0 aliphatic heterocycles. The Bertz CT molecular complexity index is 752. The smallest absolute Gasteiger partial charge is 0.339 e. The van der Waals surface area contributed by atoms with Gasteiger partial charge in [-0.05, 0) is 38.5 Å². The van der Waals surface area contributed by atoms with Gasteiger partial charge in [0.25, 0.3) is 0 Å². The summed E-state index contributed by atoms with van der Waals surface area (Å²) < 4.78 is 16.4. The van der Waals surface area contributed by atoms with Crippen molar-refractivity contribution in [2.45, 2.75) is 33.2 Å². The summed E-state index contributed by atoms with van der Waals surface area (Å²) in [5.41, 5.74) is 0.107. The van der Waals surface area contributed by atoms with Gasteiger partial charge in [-0.1, -0.05) is 12.1 Å². The van der Waals surface area contributed by atoms with E-state index in [-0.39, 0.29) is 18.0 Å². The Morgan fingerprint density at radius 2 is 1.88 bits per heavy atom. The summed E-state index contributed by atoms with van der Waals surface area (Å²) in [6, 6.07) is 8.82. The molecule has 2 aromatic rings. The van der Waals surface area contributed by atoms with Crippen LogP contribution in [0.1, 0.15) is 41.6 Å². The maximum absolute atomic E-state index is 11.9. The molecule has 1 amide bonds. The van der Waals surface area contributed by atoms with Gasteiger partial charge < -0.3 is 24.3 Å². The number of hydrogen-bond acceptors (Lipinski definition) is 5. The molecule has 26 heavy (non-hydrogen) atoms. The van der Waals surface area contributed by atoms with E-state index in [4.69, 9.17) is 19.0 Å². The summed E-state index contributed by atoms with van der Waals surface area (Å²) in [5, 5.41) is 11.7. The van der Waals surface area contributed by atoms with Crippen molar-refractivity contribution in [1.29, 1.82) is 0 Å². The molecular formula is C19H23NO6. The van der Waals surface area contributed by atoms with Gasteiger partial charge in [-0.3, -0.25) is 4.79 Å². The van der Waals surface area contributed by atoms with Crippen molar-refractivity contribution in [2.24, 2.45) is 0 Å². The Kier molecular flexibility index (Phi) is 7.08. The number of carboxylic acids is 1. The molecule has 0 saturated carbocycles. The minimum atomic E-state index is -1.05. The van der Waals surface area contributed by atoms with E-state index in [9.17, 15) is 9.59 Å². The second kappa shape index (κ2) is 9.50. The van der Waals surface area contributed by atoms with E-state index >= 15 is 0 Å². The van der Waals surface area contributed by atoms with Gasteiger partial charge in [-0.15, -0.1) is 0 Å². The monoisotopic (exact) mass is 361 g/mol. The predicted octanol–water partition coefficient (Wildman–Crippen LogP) is 3.16. The van der Waals surface area contributed by atoms with Gasteiger partial charge >= 0.3 is 5.97 Å². The lowest BCUT2D eigenvalue weighted by Crippen LogP contribution is -2.22. The van der Waals surface area contributed by atoms with E-state index in [1.54, 1.807) is 6.92 Å². The highest BCUT2D eigenvalue weighted by atomic mass is 16.5. The predicted molar refractivity (Wildman–Crippen MR) is 94.6 cm³/mol. The summed E-state index contributed by atoms with van der Waals surface area (Å²) in [6.07, 6.45) is 0.839. The van der Waals surface area contributed by atoms with Crippen LogP contribution in [-0.2, 0) is 11.3 Å². The average Bonchev–Trinajstić information content (AvgIpc) is 2.99. The molecule has 0 aliphatic carbocycles. The number of amides is 1. The van der Waals surface area contributed by atoms with Crippen LogP contribution in [-0.4, -0.2) is 30.2 Å². The van der Waals surface area contributed by atoms with Crippen molar-refractivity contribution in [3.8, 4) is 11.5 Å². The molecular weight excluding hydrogens is 338 g/mol. The third-order valence-corrected chi connectivity index (χ3v) is 3.61. The number of nitrogens with one attached hydrogen (secondary N) is 1. The first-order chi connectivity index (χ1) is 12.5. The Morgan fingerprint density at radius 1 is 1.19 bits per heavy atom. The van der Waals surface area contributed by atoms with Crippen LogP contribution in [0.15, 0.2) is 34.7 Å². The fraction of sp³-hybridized carbons (Fsp3) is 0.368. The second-order valence-electron chi connectivity index (χ2n) is 5.60. The lowest BCUT2D eigenvalue weighted by molar-refractivity contribution is -0.121. The maximum atomic E-state index is 11.9. The molecule has 0 aliphatic rings. The average molecular weight is 361 g/mol. The van der Waals surface area contributed by atoms with E-state index in [0.717, 1.165) is 0 Å². The highest BCUT2D eigenvalue weighted by Gasteiger charge is 2.14. The summed E-state index contributed by atoms with van der Waals surface area (Å²) >= 11 is 0. The van der Waals surface area contributed by atoms with Crippen molar-refractivity contribution < 1.29 is 28.6 Å². The molecule has 0 radical (unpaired) electrons. The zero-order valence-electron chi connectivity index (χ0n) is 14.9. The molecule has 1 aromatic heterocycles. The second-order valence-corrected chi connectivity index (χ2v) is 5.60. The minimum absolute atomic E-state index is 0.107. The number of furan rings is 1. The Hall–Kier alpha value is -2.96. The number of carbonyl (C=O) groups excluding carboxylic acids is 1. The number of aromatic carboxylic acids is 1. The van der Waals surface area contributed by atoms with Crippen molar-refractivity contribution in [3.63, 3.8) is 0 Å². The molecule has 0 unspecified atom stereocenters. The first kappa shape index (κ1) is 19.4. The number of hydrogen-bond donors (Lipinski definition) is 2. The molecule has 2 N–H and O–H groups in total. The molecule has 1 heterocycles. The number of carboxylic acid groups (broad SMARTS) is 1. The lowest BCUT2D eigenvalue weighted by atomic mass is 10.2. The largest absolute Gasteiger partial charge is 0.490 e. The highest BCUT2D eigenvalue weighted by molar-refractivity contribution is 5.88. The molecule has 7 heteroatoms. The third-order valence-electron chi connectivity index (χ3n) is 3.61. The van der Waals surface area contributed by atoms with Gasteiger partial charge in [0.15, 0.2) is 11.5 Å². The first-order valence-electron chi connectivity index (χ1n) is 8.45. The van der Waals surface area contributed by atoms with Crippen LogP contribution in [0.5, 0.6) is 11.5 Å². The Labute approximate surface area is 151 Å². The van der Waals surface area contributed by atoms with Crippen LogP contribution in [0.4, 0.5) is 0 Å². The quantitative estimate of drug-likeness (QED) is 0.631. The highest BCUT2D eigenvalue weighted by Crippen LogP contribution is 2.26. The van der Waals surface area contributed by atoms with E-state index in [0.29, 0.717) is 49.1 Å². The lowest BCUT2D eigenvalue weighted by Gasteiger charge is -2.11. The van der Waals surface area contributed by atoms with E-state index < -0.39 is 5.97 Å². The number of ether oxygens (including phenoxy) is 2. The van der Waals surface area contributed by atoms with Crippen LogP contribution in [0.25, 0.3) is 0 Å². The topological polar surface area (TPSA) is 98.0 Å². The fourth-order valence-electron chi connectivity index (χ4n) is 2.38. The maximum Gasteiger partial charge on any atom is 0.339 e. The SMILES string of the molecule is CCOc1ccccc1OCCCC(=O)NCc1cc(C(=O)O)c(C)o1. The van der Waals surface area contributed by atoms with E-state index in [1.165, 1.54) is 6.07 Å². The van der Waals surface area contributed by atoms with Crippen molar-refractivity contribution in [3.05, 3.63) is 47.4 Å². The molecule has 0 saturated heterocycles. The summed E-state index contributed by atoms with van der Waals surface area (Å²) in [5.74, 6) is 0.869. The zero-order valence-corrected chi connectivity index (χ0v) is 14.9. The Morgan fingerprint density at radius 3 is 2.50 bits per heavy atom. The van der Waals surface area contributed by atoms with Gasteiger partial charge in [-0.25, -0.2) is 4.79 Å². The minimum Gasteiger partial charge on any atom is -0.490 e. The molecule has 0 spiro atoms. The summed E-state index contributed by atoms with van der Waals surface area (Å²) in [7, 11) is 0. The van der Waals surface area contributed by atoms with Crippen LogP contribution < -0.4 is 14.8 Å². The molecule has 0 atom stereocenters. The van der Waals surface area contributed by atoms with Crippen molar-refractivity contribution in [1.82, 2.24) is 5.32 Å². The van der Waals surface area contributed by atoms with Gasteiger partial charge in [-0.2, -0.15) is 0 Å². The molecule has 0 bridgehead atoms. The van der Waals surface area contributed by atoms with Gasteiger partial charge in [0, 0.05) is 6.42 Å². The number of aryl methyl sites for hydroxylation is 1. The number of carbonyl (C=O) groups is 2. The Balaban J connectivity index is 1.71. The van der Waals surface area contributed by atoms with Crippen molar-refractivity contribution in [2.75, 3.05) is 13.2 Å². The van der Waals surface area contributed by atoms with Crippen LogP contribution in [0.2, 0.25) is 0 Å². The van der Waals surface area contributed by atoms with Gasteiger partial charge in [0.2, 0.25) is 5.91 Å². The van der Waals surface area contributed by atoms with E-state index in [2.05, 4.69) is 5.32 Å². The molecule has 7 nitrogen and oxygen atoms in total. The summed E-state index contributed by atoms with van der Waals surface area (Å²) in [4.78, 5) is 22.8. The van der Waals surface area contributed by atoms with Crippen LogP contribution >= 0.6 is 0 Å². The first-order valence-corrected chi connectivity index (χ1v) is 8.45. The standard InChI is InChI=1S/C19H23NO6/c1-3-24-16-7-4-5-8-17(16)25-10-6-9-18(21)20-12-14-11-15(19(22)23)13(2)26-14/h4-5,7-8,11H,3,6,9-10,12H2,1-2H3,(H,20,21)(H,22,23). The van der Waals surface area contributed by atoms with Gasteiger partial charge in [0.05, 0.1) is 19.8 Å². The van der Waals surface area contributed by atoms with Crippen LogP contribution in [0, 0.1) is 6.92 Å². The van der Waals surface area contributed by atoms with Crippen LogP contribution in [0.3, 0.4) is 0 Å². The zero-order chi connectivity index (χ0) is 18.9. The number of para-hydroxylation sites is 2.